The lowest BCUT2D eigenvalue weighted by Crippen LogP contribution is -2.35. The van der Waals surface area contributed by atoms with Crippen molar-refractivity contribution in [1.82, 2.24) is 9.80 Å². The molecule has 0 spiro atoms. The van der Waals surface area contributed by atoms with E-state index >= 15 is 0 Å². The predicted molar refractivity (Wildman–Crippen MR) is 88.9 cm³/mol. The predicted octanol–water partition coefficient (Wildman–Crippen LogP) is 2.14. The van der Waals surface area contributed by atoms with Gasteiger partial charge in [0, 0.05) is 45.1 Å². The minimum Gasteiger partial charge on any atom is -0.340 e. The van der Waals surface area contributed by atoms with Gasteiger partial charge >= 0.3 is 0 Å². The molecule has 0 saturated carbocycles. The number of carbonyl (C=O) groups is 3. The lowest BCUT2D eigenvalue weighted by molar-refractivity contribution is -0.130. The quantitative estimate of drug-likeness (QED) is 0.602. The third kappa shape index (κ3) is 4.89. The molecule has 2 amide bonds. The number of rotatable bonds is 5. The van der Waals surface area contributed by atoms with E-state index in [0.717, 1.165) is 6.29 Å². The van der Waals surface area contributed by atoms with Crippen molar-refractivity contribution >= 4 is 35.8 Å². The molecule has 0 atom stereocenters. The first kappa shape index (κ1) is 18.1. The second-order valence-corrected chi connectivity index (χ2v) is 5.83. The average molecular weight is 353 g/mol. The molecule has 0 unspecified atom stereocenters. The van der Waals surface area contributed by atoms with Gasteiger partial charge in [-0.25, -0.2) is 4.39 Å². The van der Waals surface area contributed by atoms with Crippen LogP contribution < -0.4 is 0 Å². The highest BCUT2D eigenvalue weighted by Gasteiger charge is 2.22. The van der Waals surface area contributed by atoms with Gasteiger partial charge in [0.05, 0.1) is 5.02 Å². The fourth-order valence-electron chi connectivity index (χ4n) is 2.42. The molecule has 1 aliphatic heterocycles. The van der Waals surface area contributed by atoms with Gasteiger partial charge < -0.3 is 14.6 Å². The Morgan fingerprint density at radius 1 is 1.29 bits per heavy atom. The molecule has 2 rings (SSSR count). The van der Waals surface area contributed by atoms with Crippen LogP contribution in [0.4, 0.5) is 4.39 Å². The maximum atomic E-state index is 13.4. The molecule has 7 heteroatoms. The minimum absolute atomic E-state index is 0.0277. The molecule has 128 valence electrons. The minimum atomic E-state index is -0.544. The van der Waals surface area contributed by atoms with Crippen LogP contribution in [0.3, 0.4) is 0 Å². The Morgan fingerprint density at radius 3 is 2.79 bits per heavy atom. The van der Waals surface area contributed by atoms with Gasteiger partial charge in [0.25, 0.3) is 0 Å². The van der Waals surface area contributed by atoms with E-state index in [1.165, 1.54) is 24.3 Å². The third-order valence-electron chi connectivity index (χ3n) is 3.78. The zero-order valence-electron chi connectivity index (χ0n) is 13.1. The van der Waals surface area contributed by atoms with Gasteiger partial charge in [-0.3, -0.25) is 9.59 Å². The SMILES string of the molecule is O=CCCN1CCN(C(=O)/C=C/c2ccc(Cl)c(F)c2)CCC1=O. The van der Waals surface area contributed by atoms with Crippen LogP contribution in [0.2, 0.25) is 5.02 Å². The molecule has 1 heterocycles. The normalized spacial score (nSPS) is 15.7. The van der Waals surface area contributed by atoms with Crippen molar-refractivity contribution in [3.8, 4) is 0 Å². The molecule has 24 heavy (non-hydrogen) atoms. The summed E-state index contributed by atoms with van der Waals surface area (Å²) >= 11 is 5.61. The van der Waals surface area contributed by atoms with Crippen LogP contribution in [-0.4, -0.2) is 54.1 Å². The van der Waals surface area contributed by atoms with E-state index in [4.69, 9.17) is 11.6 Å². The summed E-state index contributed by atoms with van der Waals surface area (Å²) in [5, 5.41) is 0.0277. The van der Waals surface area contributed by atoms with Gasteiger partial charge in [0.15, 0.2) is 0 Å². The highest BCUT2D eigenvalue weighted by atomic mass is 35.5. The maximum absolute atomic E-state index is 13.4. The molecule has 1 aromatic rings. The molecule has 0 bridgehead atoms. The Morgan fingerprint density at radius 2 is 2.08 bits per heavy atom. The van der Waals surface area contributed by atoms with Crippen LogP contribution in [-0.2, 0) is 14.4 Å². The van der Waals surface area contributed by atoms with E-state index in [-0.39, 0.29) is 23.3 Å². The lowest BCUT2D eigenvalue weighted by atomic mass is 10.2. The second kappa shape index (κ2) is 8.59. The molecule has 1 aliphatic rings. The van der Waals surface area contributed by atoms with Gasteiger partial charge in [0.1, 0.15) is 12.1 Å². The molecular weight excluding hydrogens is 335 g/mol. The van der Waals surface area contributed by atoms with Crippen LogP contribution in [0.15, 0.2) is 24.3 Å². The van der Waals surface area contributed by atoms with Crippen molar-refractivity contribution in [3.05, 3.63) is 40.7 Å². The Hall–Kier alpha value is -2.21. The third-order valence-corrected chi connectivity index (χ3v) is 4.09. The number of hydrogen-bond acceptors (Lipinski definition) is 3. The number of hydrogen-bond donors (Lipinski definition) is 0. The first-order chi connectivity index (χ1) is 11.5. The van der Waals surface area contributed by atoms with Gasteiger partial charge in [0.2, 0.25) is 11.8 Å². The van der Waals surface area contributed by atoms with Crippen molar-refractivity contribution in [1.29, 1.82) is 0 Å². The van der Waals surface area contributed by atoms with E-state index in [2.05, 4.69) is 0 Å². The summed E-state index contributed by atoms with van der Waals surface area (Å²) in [6.45, 7) is 1.52. The Kier molecular flexibility index (Phi) is 6.49. The highest BCUT2D eigenvalue weighted by Crippen LogP contribution is 2.16. The van der Waals surface area contributed by atoms with E-state index in [9.17, 15) is 18.8 Å². The van der Waals surface area contributed by atoms with Crippen LogP contribution >= 0.6 is 11.6 Å². The Balaban J connectivity index is 1.96. The summed E-state index contributed by atoms with van der Waals surface area (Å²) < 4.78 is 13.4. The van der Waals surface area contributed by atoms with Crippen LogP contribution in [0, 0.1) is 5.82 Å². The summed E-state index contributed by atoms with van der Waals surface area (Å²) in [6, 6.07) is 4.29. The number of halogens is 2. The van der Waals surface area contributed by atoms with Crippen LogP contribution in [0.5, 0.6) is 0 Å². The number of aldehydes is 1. The van der Waals surface area contributed by atoms with Crippen molar-refractivity contribution in [2.45, 2.75) is 12.8 Å². The van der Waals surface area contributed by atoms with Gasteiger partial charge in [-0.15, -0.1) is 0 Å². The number of nitrogens with zero attached hydrogens (tertiary/aromatic N) is 2. The molecule has 0 aromatic heterocycles. The van der Waals surface area contributed by atoms with E-state index in [0.29, 0.717) is 38.2 Å². The summed E-state index contributed by atoms with van der Waals surface area (Å²) in [5.74, 6) is -0.844. The van der Waals surface area contributed by atoms with E-state index in [1.54, 1.807) is 15.9 Å². The van der Waals surface area contributed by atoms with Crippen molar-refractivity contribution in [2.75, 3.05) is 26.2 Å². The molecule has 5 nitrogen and oxygen atoms in total. The van der Waals surface area contributed by atoms with E-state index in [1.807, 2.05) is 0 Å². The molecular formula is C17H18ClFN2O3. The topological polar surface area (TPSA) is 57.7 Å². The summed E-state index contributed by atoms with van der Waals surface area (Å²) in [7, 11) is 0. The first-order valence-electron chi connectivity index (χ1n) is 7.64. The average Bonchev–Trinajstić information content (AvgIpc) is 2.75. The highest BCUT2D eigenvalue weighted by molar-refractivity contribution is 6.30. The number of benzene rings is 1. The molecule has 1 fully saturated rings. The second-order valence-electron chi connectivity index (χ2n) is 5.42. The molecule has 1 aromatic carbocycles. The largest absolute Gasteiger partial charge is 0.340 e. The van der Waals surface area contributed by atoms with Crippen LogP contribution in [0.1, 0.15) is 18.4 Å². The molecule has 0 aliphatic carbocycles. The zero-order chi connectivity index (χ0) is 17.5. The number of amides is 2. The monoisotopic (exact) mass is 352 g/mol. The summed E-state index contributed by atoms with van der Waals surface area (Å²) in [4.78, 5) is 37.8. The molecule has 0 N–H and O–H groups in total. The summed E-state index contributed by atoms with van der Waals surface area (Å²) in [5.41, 5.74) is 0.531. The van der Waals surface area contributed by atoms with Gasteiger partial charge in [-0.05, 0) is 23.8 Å². The maximum Gasteiger partial charge on any atom is 0.246 e. The number of carbonyl (C=O) groups excluding carboxylic acids is 3. The van der Waals surface area contributed by atoms with Gasteiger partial charge in [-0.2, -0.15) is 0 Å². The molecule has 0 radical (unpaired) electrons. The summed E-state index contributed by atoms with van der Waals surface area (Å²) in [6.07, 6.45) is 4.16. The van der Waals surface area contributed by atoms with Gasteiger partial charge in [-0.1, -0.05) is 17.7 Å². The van der Waals surface area contributed by atoms with Crippen LogP contribution in [0.25, 0.3) is 6.08 Å². The first-order valence-corrected chi connectivity index (χ1v) is 8.02. The fraction of sp³-hybridized carbons (Fsp3) is 0.353. The fourth-order valence-corrected chi connectivity index (χ4v) is 2.54. The molecule has 1 saturated heterocycles. The van der Waals surface area contributed by atoms with E-state index < -0.39 is 5.82 Å². The van der Waals surface area contributed by atoms with Crippen molar-refractivity contribution in [3.63, 3.8) is 0 Å². The van der Waals surface area contributed by atoms with Crippen molar-refractivity contribution < 1.29 is 18.8 Å². The Labute approximate surface area is 144 Å². The Bertz CT molecular complexity index is 663. The zero-order valence-corrected chi connectivity index (χ0v) is 13.8. The smallest absolute Gasteiger partial charge is 0.246 e. The lowest BCUT2D eigenvalue weighted by Gasteiger charge is -2.20. The standard InChI is InChI=1S/C17H18ClFN2O3/c18-14-4-2-13(12-15(14)19)3-5-16(23)21-8-6-17(24)20(9-10-21)7-1-11-22/h2-5,11-12H,1,6-10H2/b5-3+. The van der Waals surface area contributed by atoms with Crippen molar-refractivity contribution in [2.24, 2.45) is 0 Å².